The van der Waals surface area contributed by atoms with Crippen molar-refractivity contribution in [1.29, 1.82) is 0 Å². The van der Waals surface area contributed by atoms with Crippen molar-refractivity contribution in [2.24, 2.45) is 0 Å². The summed E-state index contributed by atoms with van der Waals surface area (Å²) in [7, 11) is -2.78. The van der Waals surface area contributed by atoms with E-state index in [1.807, 2.05) is 24.3 Å². The molecule has 1 saturated heterocycles. The van der Waals surface area contributed by atoms with Crippen LogP contribution in [0.5, 0.6) is 0 Å². The zero-order valence-corrected chi connectivity index (χ0v) is 12.3. The lowest BCUT2D eigenvalue weighted by molar-refractivity contribution is 0.575. The van der Waals surface area contributed by atoms with E-state index in [2.05, 4.69) is 5.32 Å². The molecule has 1 aliphatic rings. The van der Waals surface area contributed by atoms with Crippen molar-refractivity contribution in [1.82, 2.24) is 5.32 Å². The molecule has 1 unspecified atom stereocenters. The fourth-order valence-electron chi connectivity index (χ4n) is 1.94. The first-order valence-corrected chi connectivity index (χ1v) is 9.06. The molecular formula is C12H16ClNO2S2. The number of sulfone groups is 1. The highest BCUT2D eigenvalue weighted by Gasteiger charge is 2.26. The average Bonchev–Trinajstić information content (AvgIpc) is 2.67. The van der Waals surface area contributed by atoms with E-state index in [9.17, 15) is 8.42 Å². The van der Waals surface area contributed by atoms with Gasteiger partial charge in [-0.15, -0.1) is 11.8 Å². The molecule has 18 heavy (non-hydrogen) atoms. The van der Waals surface area contributed by atoms with Gasteiger partial charge in [-0.3, -0.25) is 0 Å². The first-order valence-electron chi connectivity index (χ1n) is 5.88. The Kier molecular flexibility index (Phi) is 4.95. The SMILES string of the molecule is O=S1(=O)CCC(NCCSc2ccccc2Cl)C1. The van der Waals surface area contributed by atoms with Gasteiger partial charge < -0.3 is 5.32 Å². The highest BCUT2D eigenvalue weighted by Crippen LogP contribution is 2.26. The van der Waals surface area contributed by atoms with Gasteiger partial charge >= 0.3 is 0 Å². The number of benzene rings is 1. The molecule has 0 saturated carbocycles. The standard InChI is InChI=1S/C12H16ClNO2S2/c13-11-3-1-2-4-12(11)17-7-6-14-10-5-8-18(15,16)9-10/h1-4,10,14H,5-9H2. The minimum atomic E-state index is -2.78. The minimum Gasteiger partial charge on any atom is -0.312 e. The van der Waals surface area contributed by atoms with Crippen LogP contribution >= 0.6 is 23.4 Å². The number of rotatable bonds is 5. The summed E-state index contributed by atoms with van der Waals surface area (Å²) < 4.78 is 22.6. The summed E-state index contributed by atoms with van der Waals surface area (Å²) in [5, 5.41) is 4.05. The van der Waals surface area contributed by atoms with Crippen molar-refractivity contribution in [2.75, 3.05) is 23.8 Å². The van der Waals surface area contributed by atoms with Gasteiger partial charge in [-0.1, -0.05) is 23.7 Å². The molecule has 1 aromatic rings. The van der Waals surface area contributed by atoms with E-state index in [1.54, 1.807) is 11.8 Å². The molecule has 0 aliphatic carbocycles. The van der Waals surface area contributed by atoms with E-state index >= 15 is 0 Å². The van der Waals surface area contributed by atoms with Gasteiger partial charge in [0.25, 0.3) is 0 Å². The Morgan fingerprint density at radius 3 is 2.83 bits per heavy atom. The van der Waals surface area contributed by atoms with Crippen molar-refractivity contribution in [3.8, 4) is 0 Å². The van der Waals surface area contributed by atoms with E-state index in [0.29, 0.717) is 5.75 Å². The third-order valence-electron chi connectivity index (χ3n) is 2.86. The van der Waals surface area contributed by atoms with Crippen LogP contribution in [0.4, 0.5) is 0 Å². The number of hydrogen-bond donors (Lipinski definition) is 1. The monoisotopic (exact) mass is 305 g/mol. The van der Waals surface area contributed by atoms with Gasteiger partial charge in [0.2, 0.25) is 0 Å². The first-order chi connectivity index (χ1) is 8.57. The van der Waals surface area contributed by atoms with E-state index in [4.69, 9.17) is 11.6 Å². The maximum atomic E-state index is 11.3. The molecule has 0 spiro atoms. The summed E-state index contributed by atoms with van der Waals surface area (Å²) in [5.41, 5.74) is 0. The number of thioether (sulfide) groups is 1. The van der Waals surface area contributed by atoms with E-state index in [0.717, 1.165) is 28.6 Å². The summed E-state index contributed by atoms with van der Waals surface area (Å²) in [6, 6.07) is 7.87. The fraction of sp³-hybridized carbons (Fsp3) is 0.500. The quantitative estimate of drug-likeness (QED) is 0.669. The van der Waals surface area contributed by atoms with Crippen LogP contribution in [0.1, 0.15) is 6.42 Å². The molecule has 1 aliphatic heterocycles. The van der Waals surface area contributed by atoms with Crippen LogP contribution in [0.15, 0.2) is 29.2 Å². The van der Waals surface area contributed by atoms with Crippen LogP contribution in [0.2, 0.25) is 5.02 Å². The van der Waals surface area contributed by atoms with E-state index in [1.165, 1.54) is 0 Å². The Morgan fingerprint density at radius 2 is 2.17 bits per heavy atom. The highest BCUT2D eigenvalue weighted by atomic mass is 35.5. The summed E-state index contributed by atoms with van der Waals surface area (Å²) in [6.45, 7) is 0.802. The molecule has 1 fully saturated rings. The summed E-state index contributed by atoms with van der Waals surface area (Å²) in [4.78, 5) is 1.07. The molecule has 1 heterocycles. The fourth-order valence-corrected chi connectivity index (χ4v) is 4.77. The normalized spacial score (nSPS) is 22.2. The minimum absolute atomic E-state index is 0.127. The van der Waals surface area contributed by atoms with Crippen LogP contribution in [-0.4, -0.2) is 38.3 Å². The summed E-state index contributed by atoms with van der Waals surface area (Å²) >= 11 is 7.73. The second-order valence-electron chi connectivity index (χ2n) is 4.33. The number of nitrogens with one attached hydrogen (secondary N) is 1. The summed E-state index contributed by atoms with van der Waals surface area (Å²) in [6.07, 6.45) is 0.735. The van der Waals surface area contributed by atoms with Gasteiger partial charge in [0.15, 0.2) is 9.84 Å². The van der Waals surface area contributed by atoms with Crippen LogP contribution < -0.4 is 5.32 Å². The molecule has 2 rings (SSSR count). The predicted octanol–water partition coefficient (Wildman–Crippen LogP) is 2.21. The van der Waals surface area contributed by atoms with Gasteiger partial charge in [0, 0.05) is 23.2 Å². The van der Waals surface area contributed by atoms with Crippen LogP contribution in [-0.2, 0) is 9.84 Å². The van der Waals surface area contributed by atoms with Gasteiger partial charge in [-0.05, 0) is 18.6 Å². The Bertz CT molecular complexity index is 505. The second kappa shape index (κ2) is 6.28. The molecular weight excluding hydrogens is 290 g/mol. The lowest BCUT2D eigenvalue weighted by Crippen LogP contribution is -2.31. The van der Waals surface area contributed by atoms with Crippen molar-refractivity contribution in [2.45, 2.75) is 17.4 Å². The lowest BCUT2D eigenvalue weighted by Gasteiger charge is -2.10. The van der Waals surface area contributed by atoms with Crippen molar-refractivity contribution in [3.05, 3.63) is 29.3 Å². The molecule has 0 radical (unpaired) electrons. The summed E-state index contributed by atoms with van der Waals surface area (Å²) in [5.74, 6) is 1.49. The van der Waals surface area contributed by atoms with Crippen LogP contribution in [0.3, 0.4) is 0 Å². The van der Waals surface area contributed by atoms with Gasteiger partial charge in [0.1, 0.15) is 0 Å². The zero-order valence-electron chi connectivity index (χ0n) is 9.93. The molecule has 3 nitrogen and oxygen atoms in total. The molecule has 0 aromatic heterocycles. The highest BCUT2D eigenvalue weighted by molar-refractivity contribution is 7.99. The average molecular weight is 306 g/mol. The first kappa shape index (κ1) is 14.2. The van der Waals surface area contributed by atoms with Crippen molar-refractivity contribution >= 4 is 33.2 Å². The maximum Gasteiger partial charge on any atom is 0.151 e. The Hall–Kier alpha value is -0.230. The van der Waals surface area contributed by atoms with Crippen molar-refractivity contribution in [3.63, 3.8) is 0 Å². The third kappa shape index (κ3) is 4.16. The Balaban J connectivity index is 1.70. The molecule has 1 aromatic carbocycles. The van der Waals surface area contributed by atoms with Gasteiger partial charge in [-0.25, -0.2) is 8.42 Å². The number of hydrogen-bond acceptors (Lipinski definition) is 4. The van der Waals surface area contributed by atoms with Gasteiger partial charge in [0.05, 0.1) is 16.5 Å². The second-order valence-corrected chi connectivity index (χ2v) is 8.11. The molecule has 1 N–H and O–H groups in total. The lowest BCUT2D eigenvalue weighted by atomic mass is 10.3. The van der Waals surface area contributed by atoms with Crippen molar-refractivity contribution < 1.29 is 8.42 Å². The molecule has 100 valence electrons. The van der Waals surface area contributed by atoms with Crippen LogP contribution in [0.25, 0.3) is 0 Å². The topological polar surface area (TPSA) is 46.2 Å². The van der Waals surface area contributed by atoms with Crippen LogP contribution in [0, 0.1) is 0 Å². The molecule has 6 heteroatoms. The molecule has 0 amide bonds. The van der Waals surface area contributed by atoms with Gasteiger partial charge in [-0.2, -0.15) is 0 Å². The van der Waals surface area contributed by atoms with E-state index < -0.39 is 9.84 Å². The molecule has 0 bridgehead atoms. The maximum absolute atomic E-state index is 11.3. The smallest absolute Gasteiger partial charge is 0.151 e. The Labute approximate surface area is 117 Å². The molecule has 1 atom stereocenters. The largest absolute Gasteiger partial charge is 0.312 e. The third-order valence-corrected chi connectivity index (χ3v) is 6.15. The predicted molar refractivity (Wildman–Crippen MR) is 77.2 cm³/mol. The Morgan fingerprint density at radius 1 is 1.39 bits per heavy atom. The number of halogens is 1. The van der Waals surface area contributed by atoms with E-state index in [-0.39, 0.29) is 11.8 Å². The zero-order chi connectivity index (χ0) is 13.0.